The Bertz CT molecular complexity index is 533. The highest BCUT2D eigenvalue weighted by Crippen LogP contribution is 2.33. The normalized spacial score (nSPS) is 15.7. The third-order valence-electron chi connectivity index (χ3n) is 7.93. The molecule has 1 heterocycles. The van der Waals surface area contributed by atoms with Crippen molar-refractivity contribution in [2.45, 2.75) is 149 Å². The van der Waals surface area contributed by atoms with E-state index in [1.807, 2.05) is 6.92 Å². The van der Waals surface area contributed by atoms with E-state index in [0.29, 0.717) is 32.7 Å². The minimum atomic E-state index is -1.89. The summed E-state index contributed by atoms with van der Waals surface area (Å²) in [6.45, 7) is 9.71. The summed E-state index contributed by atoms with van der Waals surface area (Å²) in [4.78, 5) is 23.9. The van der Waals surface area contributed by atoms with Crippen molar-refractivity contribution >= 4 is 14.4 Å². The van der Waals surface area contributed by atoms with Crippen LogP contribution in [0.5, 0.6) is 0 Å². The second-order valence-electron chi connectivity index (χ2n) is 11.8. The van der Waals surface area contributed by atoms with Crippen LogP contribution in [0.4, 0.5) is 0 Å². The smallest absolute Gasteiger partial charge is 0.330 e. The van der Waals surface area contributed by atoms with Crippen molar-refractivity contribution in [3.8, 4) is 0 Å². The SMILES string of the molecule is CCCCCCCCCCCCCCCCCCOCC(COP(O)OCC[NH+]1CCCC1)CC(=O)CCC. The Balaban J connectivity index is 1.98. The maximum absolute atomic E-state index is 12.2. The highest BCUT2D eigenvalue weighted by atomic mass is 31.2. The fourth-order valence-corrected chi connectivity index (χ4v) is 6.13. The van der Waals surface area contributed by atoms with Crippen molar-refractivity contribution < 1.29 is 28.4 Å². The molecule has 1 aliphatic heterocycles. The van der Waals surface area contributed by atoms with Gasteiger partial charge in [0.25, 0.3) is 0 Å². The van der Waals surface area contributed by atoms with Gasteiger partial charge in [0.2, 0.25) is 0 Å². The van der Waals surface area contributed by atoms with E-state index >= 15 is 0 Å². The zero-order chi connectivity index (χ0) is 28.2. The summed E-state index contributed by atoms with van der Waals surface area (Å²) < 4.78 is 17.0. The van der Waals surface area contributed by atoms with Crippen LogP contribution < -0.4 is 4.90 Å². The van der Waals surface area contributed by atoms with Crippen molar-refractivity contribution in [2.24, 2.45) is 5.92 Å². The van der Waals surface area contributed by atoms with Crippen molar-refractivity contribution in [3.05, 3.63) is 0 Å². The van der Waals surface area contributed by atoms with E-state index in [1.54, 1.807) is 4.90 Å². The number of ketones is 1. The fourth-order valence-electron chi connectivity index (χ4n) is 5.47. The van der Waals surface area contributed by atoms with Crippen LogP contribution in [-0.4, -0.2) is 56.7 Å². The quantitative estimate of drug-likeness (QED) is 0.0684. The zero-order valence-corrected chi connectivity index (χ0v) is 26.8. The van der Waals surface area contributed by atoms with Crippen LogP contribution >= 0.6 is 8.60 Å². The Morgan fingerprint density at radius 1 is 0.718 bits per heavy atom. The second kappa shape index (κ2) is 28.0. The van der Waals surface area contributed by atoms with E-state index in [4.69, 9.17) is 13.8 Å². The monoisotopic (exact) mass is 574 g/mol. The average Bonchev–Trinajstić information content (AvgIpc) is 3.44. The minimum absolute atomic E-state index is 0.0185. The number of likely N-dealkylation sites (tertiary alicyclic amines) is 1. The van der Waals surface area contributed by atoms with E-state index in [-0.39, 0.29) is 11.7 Å². The number of Topliss-reactive ketones (excluding diaryl/α,β-unsaturated/α-hetero) is 1. The van der Waals surface area contributed by atoms with Crippen LogP contribution in [0.1, 0.15) is 149 Å². The summed E-state index contributed by atoms with van der Waals surface area (Å²) in [5, 5.41) is 0. The lowest BCUT2D eigenvalue weighted by atomic mass is 10.0. The van der Waals surface area contributed by atoms with E-state index in [0.717, 1.165) is 26.0 Å². The summed E-state index contributed by atoms with van der Waals surface area (Å²) >= 11 is 0. The van der Waals surface area contributed by atoms with Gasteiger partial charge in [-0.1, -0.05) is 110 Å². The Morgan fingerprint density at radius 3 is 1.79 bits per heavy atom. The molecule has 232 valence electrons. The summed E-state index contributed by atoms with van der Waals surface area (Å²) in [6, 6.07) is 0. The molecule has 0 aromatic rings. The molecular formula is C32H65NO5P+. The Hall–Kier alpha value is -0.100. The van der Waals surface area contributed by atoms with Gasteiger partial charge in [0.1, 0.15) is 18.9 Å². The van der Waals surface area contributed by atoms with Gasteiger partial charge in [-0.2, -0.15) is 0 Å². The molecule has 2 N–H and O–H groups in total. The van der Waals surface area contributed by atoms with Gasteiger partial charge in [-0.15, -0.1) is 0 Å². The van der Waals surface area contributed by atoms with Crippen molar-refractivity contribution in [1.29, 1.82) is 0 Å². The Labute approximate surface area is 243 Å². The van der Waals surface area contributed by atoms with Gasteiger partial charge >= 0.3 is 8.60 Å². The van der Waals surface area contributed by atoms with Crippen LogP contribution in [0.3, 0.4) is 0 Å². The summed E-state index contributed by atoms with van der Waals surface area (Å²) in [6.07, 6.45) is 26.3. The molecule has 0 radical (unpaired) electrons. The van der Waals surface area contributed by atoms with Crippen LogP contribution in [0.2, 0.25) is 0 Å². The summed E-state index contributed by atoms with van der Waals surface area (Å²) in [5.41, 5.74) is 0. The number of rotatable bonds is 30. The molecule has 2 atom stereocenters. The number of carbonyl (C=O) groups excluding carboxylic acids is 1. The van der Waals surface area contributed by atoms with Gasteiger partial charge in [-0.05, 0) is 12.8 Å². The van der Waals surface area contributed by atoms with E-state index < -0.39 is 8.60 Å². The molecule has 1 saturated heterocycles. The highest BCUT2D eigenvalue weighted by molar-refractivity contribution is 7.40. The van der Waals surface area contributed by atoms with Crippen LogP contribution in [0.25, 0.3) is 0 Å². The number of hydrogen-bond donors (Lipinski definition) is 2. The van der Waals surface area contributed by atoms with Crippen molar-refractivity contribution in [2.75, 3.05) is 46.1 Å². The van der Waals surface area contributed by atoms with Gasteiger partial charge in [0, 0.05) is 38.2 Å². The Morgan fingerprint density at radius 2 is 1.26 bits per heavy atom. The first kappa shape index (κ1) is 36.9. The van der Waals surface area contributed by atoms with Crippen molar-refractivity contribution in [1.82, 2.24) is 0 Å². The van der Waals surface area contributed by atoms with E-state index in [1.165, 1.54) is 122 Å². The third-order valence-corrected chi connectivity index (χ3v) is 8.70. The first-order valence-corrected chi connectivity index (χ1v) is 18.0. The van der Waals surface area contributed by atoms with Gasteiger partial charge in [0.05, 0.1) is 26.3 Å². The van der Waals surface area contributed by atoms with Crippen LogP contribution in [0, 0.1) is 5.92 Å². The molecular weight excluding hydrogens is 509 g/mol. The topological polar surface area (TPSA) is 69.4 Å². The lowest BCUT2D eigenvalue weighted by molar-refractivity contribution is -0.887. The number of unbranched alkanes of at least 4 members (excludes halogenated alkanes) is 15. The predicted molar refractivity (Wildman–Crippen MR) is 164 cm³/mol. The molecule has 0 bridgehead atoms. The fraction of sp³-hybridized carbons (Fsp3) is 0.969. The molecule has 0 aromatic heterocycles. The number of ether oxygens (including phenoxy) is 1. The zero-order valence-electron chi connectivity index (χ0n) is 25.9. The summed E-state index contributed by atoms with van der Waals surface area (Å²) in [5.74, 6) is 0.230. The molecule has 39 heavy (non-hydrogen) atoms. The largest absolute Gasteiger partial charge is 0.381 e. The maximum atomic E-state index is 12.2. The molecule has 0 saturated carbocycles. The van der Waals surface area contributed by atoms with Gasteiger partial charge in [-0.3, -0.25) is 4.79 Å². The van der Waals surface area contributed by atoms with Gasteiger partial charge < -0.3 is 23.6 Å². The predicted octanol–water partition coefficient (Wildman–Crippen LogP) is 7.57. The molecule has 1 rings (SSSR count). The molecule has 0 aromatic carbocycles. The number of carbonyl (C=O) groups is 1. The summed E-state index contributed by atoms with van der Waals surface area (Å²) in [7, 11) is -1.89. The molecule has 2 unspecified atom stereocenters. The average molecular weight is 575 g/mol. The number of nitrogens with one attached hydrogen (secondary N) is 1. The van der Waals surface area contributed by atoms with E-state index in [2.05, 4.69) is 6.92 Å². The molecule has 1 aliphatic rings. The number of hydrogen-bond acceptors (Lipinski definition) is 5. The second-order valence-corrected chi connectivity index (χ2v) is 12.8. The molecule has 1 fully saturated rings. The first-order valence-electron chi connectivity index (χ1n) is 16.8. The van der Waals surface area contributed by atoms with Crippen LogP contribution in [0.15, 0.2) is 0 Å². The van der Waals surface area contributed by atoms with Gasteiger partial charge in [0.15, 0.2) is 0 Å². The van der Waals surface area contributed by atoms with Crippen LogP contribution in [-0.2, 0) is 18.6 Å². The first-order chi connectivity index (χ1) is 19.2. The minimum Gasteiger partial charge on any atom is -0.381 e. The maximum Gasteiger partial charge on any atom is 0.330 e. The van der Waals surface area contributed by atoms with Gasteiger partial charge in [-0.25, -0.2) is 0 Å². The standard InChI is InChI=1S/C32H64NO5P/c1-3-5-6-7-8-9-10-11-12-13-14-15-16-17-18-21-26-36-29-31(28-32(34)22-4-2)30-38-39(35)37-27-25-33-23-19-20-24-33/h31,35H,3-30H2,1-2H3/p+1. The molecule has 0 spiro atoms. The molecule has 6 nitrogen and oxygen atoms in total. The van der Waals surface area contributed by atoms with Crippen molar-refractivity contribution in [3.63, 3.8) is 0 Å². The third kappa shape index (κ3) is 24.2. The molecule has 0 aliphatic carbocycles. The molecule has 7 heteroatoms. The molecule has 0 amide bonds. The highest BCUT2D eigenvalue weighted by Gasteiger charge is 2.19. The lowest BCUT2D eigenvalue weighted by Gasteiger charge is -2.19. The number of quaternary nitrogens is 1. The lowest BCUT2D eigenvalue weighted by Crippen LogP contribution is -3.10. The van der Waals surface area contributed by atoms with E-state index in [9.17, 15) is 9.69 Å². The Kier molecular flexibility index (Phi) is 26.5.